The Balaban J connectivity index is 2.89. The van der Waals surface area contributed by atoms with E-state index in [-0.39, 0.29) is 29.9 Å². The molecule has 1 aromatic rings. The van der Waals surface area contributed by atoms with E-state index in [2.05, 4.69) is 0 Å². The molecule has 0 fully saturated rings. The largest absolute Gasteiger partial charge is 0.463 e. The molecule has 8 heteroatoms. The number of hydrogen-bond donors (Lipinski definition) is 0. The van der Waals surface area contributed by atoms with Crippen LogP contribution in [-0.4, -0.2) is 36.6 Å². The normalized spacial score (nSPS) is 15.5. The third-order valence-electron chi connectivity index (χ3n) is 5.05. The van der Waals surface area contributed by atoms with Crippen LogP contribution in [0.5, 0.6) is 0 Å². The summed E-state index contributed by atoms with van der Waals surface area (Å²) in [5.74, 6) is -2.78. The Labute approximate surface area is 174 Å². The Hall–Kier alpha value is -2.77. The second-order valence-electron chi connectivity index (χ2n) is 6.70. The number of carbonyl (C=O) groups is 2. The van der Waals surface area contributed by atoms with Crippen LogP contribution < -0.4 is 0 Å². The van der Waals surface area contributed by atoms with Gasteiger partial charge in [-0.05, 0) is 46.2 Å². The lowest BCUT2D eigenvalue weighted by molar-refractivity contribution is -0.142. The van der Waals surface area contributed by atoms with Crippen molar-refractivity contribution in [3.05, 3.63) is 57.9 Å². The first-order chi connectivity index (χ1) is 14.1. The molecule has 0 atom stereocenters. The van der Waals surface area contributed by atoms with Gasteiger partial charge in [-0.15, -0.1) is 0 Å². The van der Waals surface area contributed by atoms with Gasteiger partial charge in [0.2, 0.25) is 0 Å². The summed E-state index contributed by atoms with van der Waals surface area (Å²) in [5, 5.41) is 0. The summed E-state index contributed by atoms with van der Waals surface area (Å²) in [5.41, 5.74) is -0.199. The van der Waals surface area contributed by atoms with Crippen molar-refractivity contribution in [1.29, 1.82) is 0 Å². The highest BCUT2D eigenvalue weighted by Crippen LogP contribution is 2.46. The Kier molecular flexibility index (Phi) is 7.34. The molecule has 0 amide bonds. The van der Waals surface area contributed by atoms with Gasteiger partial charge in [-0.2, -0.15) is 13.2 Å². The monoisotopic (exact) mass is 425 g/mol. The molecule has 0 N–H and O–H groups in total. The second kappa shape index (κ2) is 9.36. The van der Waals surface area contributed by atoms with Crippen molar-refractivity contribution in [3.8, 4) is 0 Å². The van der Waals surface area contributed by atoms with Gasteiger partial charge in [0.1, 0.15) is 0 Å². The molecule has 0 unspecified atom stereocenters. The summed E-state index contributed by atoms with van der Waals surface area (Å²) >= 11 is 0. The van der Waals surface area contributed by atoms with Crippen LogP contribution in [0, 0.1) is 0 Å². The van der Waals surface area contributed by atoms with Crippen LogP contribution >= 0.6 is 0 Å². The van der Waals surface area contributed by atoms with Crippen molar-refractivity contribution in [2.24, 2.45) is 0 Å². The van der Waals surface area contributed by atoms with E-state index in [9.17, 15) is 22.8 Å². The van der Waals surface area contributed by atoms with Gasteiger partial charge in [0, 0.05) is 17.9 Å². The van der Waals surface area contributed by atoms with Crippen LogP contribution in [0.1, 0.15) is 51.7 Å². The van der Waals surface area contributed by atoms with Crippen LogP contribution in [0.15, 0.2) is 46.8 Å². The number of carbonyl (C=O) groups excluding carboxylic acids is 2. The molecule has 0 radical (unpaired) electrons. The number of nitrogens with zero attached hydrogens (tertiary/aromatic N) is 1. The Morgan fingerprint density at radius 3 is 1.80 bits per heavy atom. The number of halogens is 3. The van der Waals surface area contributed by atoms with E-state index in [1.165, 1.54) is 18.2 Å². The van der Waals surface area contributed by atoms with Gasteiger partial charge < -0.3 is 14.4 Å². The van der Waals surface area contributed by atoms with Crippen LogP contribution in [-0.2, 0) is 25.2 Å². The van der Waals surface area contributed by atoms with Crippen molar-refractivity contribution in [1.82, 2.24) is 4.90 Å². The van der Waals surface area contributed by atoms with Crippen LogP contribution in [0.4, 0.5) is 13.2 Å². The highest BCUT2D eigenvalue weighted by Gasteiger charge is 2.44. The van der Waals surface area contributed by atoms with Gasteiger partial charge in [0.15, 0.2) is 0 Å². The predicted molar refractivity (Wildman–Crippen MR) is 105 cm³/mol. The average molecular weight is 425 g/mol. The molecule has 0 bridgehead atoms. The molecule has 0 saturated heterocycles. The van der Waals surface area contributed by atoms with E-state index in [4.69, 9.17) is 9.47 Å². The lowest BCUT2D eigenvalue weighted by Gasteiger charge is -2.38. The summed E-state index contributed by atoms with van der Waals surface area (Å²) in [6.07, 6.45) is -4.67. The molecule has 0 aromatic heterocycles. The third kappa shape index (κ3) is 4.37. The van der Waals surface area contributed by atoms with Gasteiger partial charge >= 0.3 is 18.1 Å². The average Bonchev–Trinajstić information content (AvgIpc) is 2.67. The van der Waals surface area contributed by atoms with Gasteiger partial charge in [0.05, 0.1) is 35.8 Å². The Bertz CT molecular complexity index is 845. The fraction of sp³-hybridized carbons (Fsp3) is 0.455. The molecule has 0 spiro atoms. The molecular formula is C22H26F3NO4. The number of esters is 2. The van der Waals surface area contributed by atoms with E-state index in [0.29, 0.717) is 17.9 Å². The van der Waals surface area contributed by atoms with Gasteiger partial charge in [0.25, 0.3) is 0 Å². The lowest BCUT2D eigenvalue weighted by atomic mass is 9.78. The molecule has 1 heterocycles. The molecular weight excluding hydrogens is 399 g/mol. The standard InChI is InChI=1S/C22H26F3NO4/c1-6-26-13(4)17(20(27)29-7-2)19(18(14(26)5)21(28)30-8-3)15-11-9-10-12-16(15)22(23,24)25/h9-12,19H,6-8H2,1-5H3. The first-order valence-corrected chi connectivity index (χ1v) is 9.79. The highest BCUT2D eigenvalue weighted by molar-refractivity contribution is 6.00. The van der Waals surface area contributed by atoms with Crippen LogP contribution in [0.3, 0.4) is 0 Å². The van der Waals surface area contributed by atoms with Crippen molar-refractivity contribution in [3.63, 3.8) is 0 Å². The van der Waals surface area contributed by atoms with E-state index >= 15 is 0 Å². The first-order valence-electron chi connectivity index (χ1n) is 9.79. The van der Waals surface area contributed by atoms with Crippen molar-refractivity contribution < 1.29 is 32.2 Å². The molecule has 5 nitrogen and oxygen atoms in total. The number of benzene rings is 1. The van der Waals surface area contributed by atoms with E-state index in [1.54, 1.807) is 32.6 Å². The fourth-order valence-corrected chi connectivity index (χ4v) is 3.85. The summed E-state index contributed by atoms with van der Waals surface area (Å²) in [4.78, 5) is 27.5. The molecule has 30 heavy (non-hydrogen) atoms. The molecule has 0 aliphatic carbocycles. The van der Waals surface area contributed by atoms with Crippen LogP contribution in [0.25, 0.3) is 0 Å². The summed E-state index contributed by atoms with van der Waals surface area (Å²) < 4.78 is 51.8. The molecule has 1 aliphatic heterocycles. The number of rotatable bonds is 6. The molecule has 1 aromatic carbocycles. The van der Waals surface area contributed by atoms with E-state index in [1.807, 2.05) is 6.92 Å². The van der Waals surface area contributed by atoms with Crippen molar-refractivity contribution >= 4 is 11.9 Å². The summed E-state index contributed by atoms with van der Waals surface area (Å²) in [6, 6.07) is 4.95. The second-order valence-corrected chi connectivity index (χ2v) is 6.70. The van der Waals surface area contributed by atoms with Crippen molar-refractivity contribution in [2.75, 3.05) is 19.8 Å². The van der Waals surface area contributed by atoms with Gasteiger partial charge in [-0.1, -0.05) is 18.2 Å². The van der Waals surface area contributed by atoms with E-state index in [0.717, 1.165) is 6.07 Å². The maximum atomic E-state index is 13.8. The Morgan fingerprint density at radius 2 is 1.40 bits per heavy atom. The first kappa shape index (κ1) is 23.5. The molecule has 164 valence electrons. The number of allylic oxidation sites excluding steroid dienone is 2. The van der Waals surface area contributed by atoms with Crippen LogP contribution in [0.2, 0.25) is 0 Å². The number of alkyl halides is 3. The number of hydrogen-bond acceptors (Lipinski definition) is 5. The summed E-state index contributed by atoms with van der Waals surface area (Å²) in [7, 11) is 0. The summed E-state index contributed by atoms with van der Waals surface area (Å²) in [6.45, 7) is 8.84. The minimum absolute atomic E-state index is 0.00375. The van der Waals surface area contributed by atoms with Gasteiger partial charge in [-0.3, -0.25) is 0 Å². The third-order valence-corrected chi connectivity index (χ3v) is 5.05. The Morgan fingerprint density at radius 1 is 0.933 bits per heavy atom. The predicted octanol–water partition coefficient (Wildman–Crippen LogP) is 4.80. The zero-order valence-corrected chi connectivity index (χ0v) is 17.7. The number of ether oxygens (including phenoxy) is 2. The maximum Gasteiger partial charge on any atom is 0.416 e. The molecule has 0 saturated carbocycles. The van der Waals surface area contributed by atoms with Crippen molar-refractivity contribution in [2.45, 2.75) is 46.7 Å². The highest BCUT2D eigenvalue weighted by atomic mass is 19.4. The maximum absolute atomic E-state index is 13.8. The minimum Gasteiger partial charge on any atom is -0.463 e. The van der Waals surface area contributed by atoms with E-state index < -0.39 is 29.6 Å². The zero-order valence-electron chi connectivity index (χ0n) is 17.7. The smallest absolute Gasteiger partial charge is 0.416 e. The fourth-order valence-electron chi connectivity index (χ4n) is 3.85. The lowest BCUT2D eigenvalue weighted by Crippen LogP contribution is -2.36. The molecule has 1 aliphatic rings. The zero-order chi connectivity index (χ0) is 22.6. The minimum atomic E-state index is -4.67. The quantitative estimate of drug-likeness (QED) is 0.613. The SMILES string of the molecule is CCOC(=O)C1=C(C)N(CC)C(C)=C(C(=O)OCC)C1c1ccccc1C(F)(F)F. The topological polar surface area (TPSA) is 55.8 Å². The molecule has 2 rings (SSSR count). The van der Waals surface area contributed by atoms with Gasteiger partial charge in [-0.25, -0.2) is 9.59 Å².